The first-order valence-electron chi connectivity index (χ1n) is 5.71. The van der Waals surface area contributed by atoms with E-state index in [0.29, 0.717) is 11.6 Å². The van der Waals surface area contributed by atoms with E-state index in [1.165, 1.54) is 0 Å². The second-order valence-electron chi connectivity index (χ2n) is 4.26. The van der Waals surface area contributed by atoms with Crippen LogP contribution in [0.15, 0.2) is 24.3 Å². The van der Waals surface area contributed by atoms with E-state index in [1.54, 1.807) is 0 Å². The predicted octanol–water partition coefficient (Wildman–Crippen LogP) is 2.63. The second-order valence-corrected chi connectivity index (χ2v) is 4.70. The minimum Gasteiger partial charge on any atom is -0.376 e. The zero-order valence-corrected chi connectivity index (χ0v) is 10.5. The smallest absolute Gasteiger partial charge is 0.124 e. The average molecular weight is 251 g/mol. The molecule has 0 amide bonds. The molecule has 1 aliphatic heterocycles. The lowest BCUT2D eigenvalue weighted by atomic mass is 10.1. The van der Waals surface area contributed by atoms with Crippen molar-refractivity contribution in [1.29, 1.82) is 5.26 Å². The third kappa shape index (κ3) is 2.98. The maximum absolute atomic E-state index is 9.33. The van der Waals surface area contributed by atoms with E-state index in [2.05, 4.69) is 11.0 Å². The van der Waals surface area contributed by atoms with E-state index in [-0.39, 0.29) is 12.1 Å². The number of nitriles is 1. The molecule has 0 aromatic heterocycles. The highest BCUT2D eigenvalue weighted by Gasteiger charge is 2.25. The first-order valence-corrected chi connectivity index (χ1v) is 6.09. The standard InChI is InChI=1S/C13H15ClN2O/c1-10-9-16(5-6-17-10)13(8-15)11-3-2-4-12(14)7-11/h2-4,7,10,13H,5-6,9H2,1H3/t10-,13+/m1/s1. The van der Waals surface area contributed by atoms with Crippen molar-refractivity contribution in [2.75, 3.05) is 19.7 Å². The molecule has 0 unspecified atom stereocenters. The van der Waals surface area contributed by atoms with Crippen molar-refractivity contribution in [2.24, 2.45) is 0 Å². The zero-order chi connectivity index (χ0) is 12.3. The van der Waals surface area contributed by atoms with Crippen LogP contribution < -0.4 is 0 Å². The Morgan fingerprint density at radius 3 is 3.06 bits per heavy atom. The summed E-state index contributed by atoms with van der Waals surface area (Å²) in [5.41, 5.74) is 0.953. The van der Waals surface area contributed by atoms with Crippen LogP contribution in [0.25, 0.3) is 0 Å². The lowest BCUT2D eigenvalue weighted by molar-refractivity contribution is -0.0269. The molecule has 0 saturated carbocycles. The van der Waals surface area contributed by atoms with E-state index < -0.39 is 0 Å². The molecule has 0 spiro atoms. The van der Waals surface area contributed by atoms with Crippen LogP contribution in [0.2, 0.25) is 5.02 Å². The summed E-state index contributed by atoms with van der Waals surface area (Å²) >= 11 is 5.96. The molecule has 2 rings (SSSR count). The fraction of sp³-hybridized carbons (Fsp3) is 0.462. The van der Waals surface area contributed by atoms with Gasteiger partial charge in [-0.05, 0) is 24.6 Å². The Kier molecular flexibility index (Phi) is 4.01. The van der Waals surface area contributed by atoms with Gasteiger partial charge < -0.3 is 4.74 Å². The van der Waals surface area contributed by atoms with Crippen LogP contribution in [0.3, 0.4) is 0 Å². The summed E-state index contributed by atoms with van der Waals surface area (Å²) in [5, 5.41) is 10.0. The summed E-state index contributed by atoms with van der Waals surface area (Å²) in [5.74, 6) is 0. The number of benzene rings is 1. The Labute approximate surface area is 107 Å². The largest absolute Gasteiger partial charge is 0.376 e. The molecule has 1 saturated heterocycles. The molecular formula is C13H15ClN2O. The molecule has 1 aliphatic rings. The van der Waals surface area contributed by atoms with Crippen LogP contribution in [0.5, 0.6) is 0 Å². The molecule has 0 bridgehead atoms. The summed E-state index contributed by atoms with van der Waals surface area (Å²) in [6.07, 6.45) is 0.179. The lowest BCUT2D eigenvalue weighted by Gasteiger charge is -2.34. The molecular weight excluding hydrogens is 236 g/mol. The maximum atomic E-state index is 9.33. The Balaban J connectivity index is 2.19. The zero-order valence-electron chi connectivity index (χ0n) is 9.77. The van der Waals surface area contributed by atoms with Gasteiger partial charge >= 0.3 is 0 Å². The van der Waals surface area contributed by atoms with Gasteiger partial charge in [-0.15, -0.1) is 0 Å². The molecule has 1 fully saturated rings. The van der Waals surface area contributed by atoms with Crippen molar-refractivity contribution in [3.05, 3.63) is 34.9 Å². The molecule has 0 aliphatic carbocycles. The van der Waals surface area contributed by atoms with Gasteiger partial charge in [0.15, 0.2) is 0 Å². The van der Waals surface area contributed by atoms with Crippen molar-refractivity contribution < 1.29 is 4.74 Å². The molecule has 1 aromatic carbocycles. The first-order chi connectivity index (χ1) is 8.20. The molecule has 2 atom stereocenters. The van der Waals surface area contributed by atoms with Crippen molar-refractivity contribution in [2.45, 2.75) is 19.1 Å². The number of hydrogen-bond acceptors (Lipinski definition) is 3. The third-order valence-corrected chi connectivity index (χ3v) is 3.16. The molecule has 0 radical (unpaired) electrons. The van der Waals surface area contributed by atoms with Crippen molar-refractivity contribution in [3.63, 3.8) is 0 Å². The van der Waals surface area contributed by atoms with E-state index in [0.717, 1.165) is 18.7 Å². The maximum Gasteiger partial charge on any atom is 0.124 e. The molecule has 90 valence electrons. The van der Waals surface area contributed by atoms with Crippen LogP contribution in [-0.2, 0) is 4.74 Å². The quantitative estimate of drug-likeness (QED) is 0.810. The van der Waals surface area contributed by atoms with E-state index >= 15 is 0 Å². The SMILES string of the molecule is C[C@@H]1CN([C@@H](C#N)c2cccc(Cl)c2)CCO1. The fourth-order valence-corrected chi connectivity index (χ4v) is 2.32. The molecule has 1 aromatic rings. The average Bonchev–Trinajstić information content (AvgIpc) is 2.30. The number of rotatable bonds is 2. The van der Waals surface area contributed by atoms with Crippen molar-refractivity contribution in [3.8, 4) is 6.07 Å². The minimum atomic E-state index is -0.236. The highest BCUT2D eigenvalue weighted by molar-refractivity contribution is 6.30. The van der Waals surface area contributed by atoms with E-state index in [9.17, 15) is 5.26 Å². The molecule has 4 heteroatoms. The molecule has 0 N–H and O–H groups in total. The van der Waals surface area contributed by atoms with Gasteiger partial charge in [-0.1, -0.05) is 23.7 Å². The summed E-state index contributed by atoms with van der Waals surface area (Å²) < 4.78 is 5.49. The Hall–Kier alpha value is -1.08. The first kappa shape index (κ1) is 12.4. The second kappa shape index (κ2) is 5.50. The van der Waals surface area contributed by atoms with Crippen molar-refractivity contribution >= 4 is 11.6 Å². The number of ether oxygens (including phenoxy) is 1. The highest BCUT2D eigenvalue weighted by atomic mass is 35.5. The van der Waals surface area contributed by atoms with Crippen LogP contribution in [-0.4, -0.2) is 30.7 Å². The molecule has 17 heavy (non-hydrogen) atoms. The highest BCUT2D eigenvalue weighted by Crippen LogP contribution is 2.24. The van der Waals surface area contributed by atoms with Crippen LogP contribution in [0, 0.1) is 11.3 Å². The summed E-state index contributed by atoms with van der Waals surface area (Å²) in [7, 11) is 0. The van der Waals surface area contributed by atoms with Gasteiger partial charge in [0.1, 0.15) is 6.04 Å². The topological polar surface area (TPSA) is 36.3 Å². The molecule has 1 heterocycles. The van der Waals surface area contributed by atoms with Crippen LogP contribution >= 0.6 is 11.6 Å². The van der Waals surface area contributed by atoms with Gasteiger partial charge in [0.2, 0.25) is 0 Å². The Morgan fingerprint density at radius 1 is 1.59 bits per heavy atom. The number of halogens is 1. The monoisotopic (exact) mass is 250 g/mol. The van der Waals surface area contributed by atoms with Gasteiger partial charge in [-0.2, -0.15) is 5.26 Å². The lowest BCUT2D eigenvalue weighted by Crippen LogP contribution is -2.42. The normalized spacial score (nSPS) is 23.0. The Bertz CT molecular complexity index is 430. The number of hydrogen-bond donors (Lipinski definition) is 0. The molecule has 3 nitrogen and oxygen atoms in total. The van der Waals surface area contributed by atoms with E-state index in [4.69, 9.17) is 16.3 Å². The third-order valence-electron chi connectivity index (χ3n) is 2.92. The summed E-state index contributed by atoms with van der Waals surface area (Å²) in [6.45, 7) is 4.28. The fourth-order valence-electron chi connectivity index (χ4n) is 2.12. The van der Waals surface area contributed by atoms with Crippen LogP contribution in [0.1, 0.15) is 18.5 Å². The van der Waals surface area contributed by atoms with Gasteiger partial charge in [0, 0.05) is 18.1 Å². The van der Waals surface area contributed by atoms with Gasteiger partial charge in [-0.3, -0.25) is 4.90 Å². The van der Waals surface area contributed by atoms with Gasteiger partial charge in [0.05, 0.1) is 18.8 Å². The summed E-state index contributed by atoms with van der Waals surface area (Å²) in [4.78, 5) is 2.14. The van der Waals surface area contributed by atoms with Gasteiger partial charge in [0.25, 0.3) is 0 Å². The van der Waals surface area contributed by atoms with Crippen molar-refractivity contribution in [1.82, 2.24) is 4.90 Å². The summed E-state index contributed by atoms with van der Waals surface area (Å²) in [6, 6.07) is 9.61. The number of nitrogens with zero attached hydrogens (tertiary/aromatic N) is 2. The number of morpholine rings is 1. The van der Waals surface area contributed by atoms with Gasteiger partial charge in [-0.25, -0.2) is 0 Å². The van der Waals surface area contributed by atoms with E-state index in [1.807, 2.05) is 31.2 Å². The van der Waals surface area contributed by atoms with Crippen LogP contribution in [0.4, 0.5) is 0 Å². The predicted molar refractivity (Wildman–Crippen MR) is 66.8 cm³/mol. The minimum absolute atomic E-state index is 0.179. The Morgan fingerprint density at radius 2 is 2.41 bits per heavy atom.